The summed E-state index contributed by atoms with van der Waals surface area (Å²) in [5.41, 5.74) is 0.896. The van der Waals surface area contributed by atoms with Crippen LogP contribution in [-0.2, 0) is 0 Å². The molecule has 0 spiro atoms. The van der Waals surface area contributed by atoms with Gasteiger partial charge in [-0.15, -0.1) is 0 Å². The van der Waals surface area contributed by atoms with Gasteiger partial charge in [-0.25, -0.2) is 0 Å². The highest BCUT2D eigenvalue weighted by molar-refractivity contribution is 6.61. The van der Waals surface area contributed by atoms with Gasteiger partial charge in [0, 0.05) is 18.6 Å². The summed E-state index contributed by atoms with van der Waals surface area (Å²) in [6.45, 7) is 1.43. The lowest BCUT2D eigenvalue weighted by Gasteiger charge is -2.05. The third kappa shape index (κ3) is 1.56. The van der Waals surface area contributed by atoms with E-state index >= 15 is 0 Å². The molecular formula is C10H10BNO3. The second kappa shape index (κ2) is 3.53. The normalized spacial score (nSPS) is 10.6. The average molecular weight is 203 g/mol. The molecule has 0 amide bonds. The van der Waals surface area contributed by atoms with Gasteiger partial charge in [-0.2, -0.15) is 0 Å². The van der Waals surface area contributed by atoms with Crippen molar-refractivity contribution in [3.05, 3.63) is 30.5 Å². The van der Waals surface area contributed by atoms with E-state index in [2.05, 4.69) is 0 Å². The van der Waals surface area contributed by atoms with Crippen LogP contribution in [0.25, 0.3) is 10.9 Å². The zero-order valence-corrected chi connectivity index (χ0v) is 8.21. The van der Waals surface area contributed by atoms with Gasteiger partial charge in [0.2, 0.25) is 5.91 Å². The second-order valence-electron chi connectivity index (χ2n) is 3.36. The Labute approximate surface area is 86.9 Å². The first-order chi connectivity index (χ1) is 7.11. The highest BCUT2D eigenvalue weighted by atomic mass is 16.4. The highest BCUT2D eigenvalue weighted by Crippen LogP contribution is 2.13. The number of benzene rings is 1. The van der Waals surface area contributed by atoms with Gasteiger partial charge < -0.3 is 10.0 Å². The Balaban J connectivity index is 2.80. The van der Waals surface area contributed by atoms with Crippen LogP contribution in [-0.4, -0.2) is 27.6 Å². The van der Waals surface area contributed by atoms with E-state index in [-0.39, 0.29) is 5.91 Å². The molecule has 2 aromatic rings. The van der Waals surface area contributed by atoms with Crippen molar-refractivity contribution in [2.45, 2.75) is 6.92 Å². The summed E-state index contributed by atoms with van der Waals surface area (Å²) in [7, 11) is -1.57. The van der Waals surface area contributed by atoms with Crippen molar-refractivity contribution in [2.24, 2.45) is 0 Å². The molecule has 0 aliphatic carbocycles. The molecule has 0 radical (unpaired) electrons. The quantitative estimate of drug-likeness (QED) is 0.640. The molecule has 2 rings (SSSR count). The maximum absolute atomic E-state index is 11.3. The maximum atomic E-state index is 11.3. The molecule has 1 aromatic carbocycles. The Bertz CT molecular complexity index is 518. The number of hydrogen-bond donors (Lipinski definition) is 2. The molecule has 1 aromatic heterocycles. The minimum atomic E-state index is -1.57. The molecule has 4 nitrogen and oxygen atoms in total. The largest absolute Gasteiger partial charge is 0.490 e. The number of carbonyl (C=O) groups is 1. The number of aromatic nitrogens is 1. The molecule has 0 saturated carbocycles. The van der Waals surface area contributed by atoms with Gasteiger partial charge in [0.05, 0.1) is 5.52 Å². The lowest BCUT2D eigenvalue weighted by molar-refractivity contribution is 0.0942. The lowest BCUT2D eigenvalue weighted by Crippen LogP contribution is -2.32. The fraction of sp³-hybridized carbons (Fsp3) is 0.100. The Kier molecular flexibility index (Phi) is 2.34. The fourth-order valence-corrected chi connectivity index (χ4v) is 1.69. The predicted octanol–water partition coefficient (Wildman–Crippen LogP) is -0.0188. The van der Waals surface area contributed by atoms with Gasteiger partial charge >= 0.3 is 7.12 Å². The van der Waals surface area contributed by atoms with Gasteiger partial charge in [0.25, 0.3) is 0 Å². The Morgan fingerprint density at radius 3 is 2.67 bits per heavy atom. The van der Waals surface area contributed by atoms with Crippen LogP contribution in [0.5, 0.6) is 0 Å². The molecule has 15 heavy (non-hydrogen) atoms. The minimum absolute atomic E-state index is 0.155. The molecule has 0 bridgehead atoms. The second-order valence-corrected chi connectivity index (χ2v) is 3.36. The first-order valence-electron chi connectivity index (χ1n) is 4.58. The molecule has 0 aliphatic rings. The number of hydrogen-bond acceptors (Lipinski definition) is 3. The van der Waals surface area contributed by atoms with E-state index in [1.54, 1.807) is 24.4 Å². The molecule has 0 fully saturated rings. The average Bonchev–Trinajstić information content (AvgIpc) is 2.60. The summed E-state index contributed by atoms with van der Waals surface area (Å²) in [6, 6.07) is 6.90. The zero-order valence-electron chi connectivity index (χ0n) is 8.21. The Morgan fingerprint density at radius 1 is 1.33 bits per heavy atom. The van der Waals surface area contributed by atoms with Crippen LogP contribution >= 0.6 is 0 Å². The van der Waals surface area contributed by atoms with Crippen LogP contribution in [0.15, 0.2) is 30.5 Å². The topological polar surface area (TPSA) is 62.5 Å². The molecule has 0 atom stereocenters. The third-order valence-corrected chi connectivity index (χ3v) is 2.36. The molecule has 76 valence electrons. The number of rotatable bonds is 1. The van der Waals surface area contributed by atoms with Crippen LogP contribution < -0.4 is 5.46 Å². The third-order valence-electron chi connectivity index (χ3n) is 2.36. The van der Waals surface area contributed by atoms with E-state index in [9.17, 15) is 14.8 Å². The van der Waals surface area contributed by atoms with Crippen molar-refractivity contribution in [3.63, 3.8) is 0 Å². The van der Waals surface area contributed by atoms with Crippen molar-refractivity contribution in [2.75, 3.05) is 0 Å². The summed E-state index contributed by atoms with van der Waals surface area (Å²) >= 11 is 0. The summed E-state index contributed by atoms with van der Waals surface area (Å²) in [5, 5.41) is 19.2. The number of nitrogens with zero attached hydrogens (tertiary/aromatic N) is 1. The zero-order chi connectivity index (χ0) is 11.0. The molecular weight excluding hydrogens is 193 g/mol. The van der Waals surface area contributed by atoms with Gasteiger partial charge in [-0.3, -0.25) is 9.36 Å². The summed E-state index contributed by atoms with van der Waals surface area (Å²) in [4.78, 5) is 11.3. The van der Waals surface area contributed by atoms with E-state index < -0.39 is 7.12 Å². The van der Waals surface area contributed by atoms with Crippen LogP contribution in [0.1, 0.15) is 11.7 Å². The standard InChI is InChI=1S/C10H10BNO3/c1-7(13)12-6-5-8-3-2-4-9(10(8)12)11(14)15/h2-6,14-15H,1H3. The smallest absolute Gasteiger partial charge is 0.423 e. The van der Waals surface area contributed by atoms with Crippen molar-refractivity contribution < 1.29 is 14.8 Å². The molecule has 0 aliphatic heterocycles. The van der Waals surface area contributed by atoms with Gasteiger partial charge in [0.1, 0.15) is 0 Å². The van der Waals surface area contributed by atoms with Crippen LogP contribution in [0.4, 0.5) is 0 Å². The maximum Gasteiger partial charge on any atom is 0.490 e. The van der Waals surface area contributed by atoms with E-state index in [4.69, 9.17) is 0 Å². The molecule has 0 saturated heterocycles. The first kappa shape index (κ1) is 9.95. The van der Waals surface area contributed by atoms with Crippen molar-refractivity contribution >= 4 is 29.4 Å². The predicted molar refractivity (Wildman–Crippen MR) is 58.1 cm³/mol. The summed E-state index contributed by atoms with van der Waals surface area (Å²) < 4.78 is 1.41. The van der Waals surface area contributed by atoms with Crippen molar-refractivity contribution in [1.82, 2.24) is 4.57 Å². The number of fused-ring (bicyclic) bond motifs is 1. The number of para-hydroxylation sites is 1. The Hall–Kier alpha value is -1.59. The molecule has 5 heteroatoms. The van der Waals surface area contributed by atoms with E-state index in [0.29, 0.717) is 11.0 Å². The van der Waals surface area contributed by atoms with E-state index in [1.165, 1.54) is 11.5 Å². The minimum Gasteiger partial charge on any atom is -0.423 e. The van der Waals surface area contributed by atoms with Gasteiger partial charge in [-0.1, -0.05) is 18.2 Å². The monoisotopic (exact) mass is 203 g/mol. The van der Waals surface area contributed by atoms with Gasteiger partial charge in [0.15, 0.2) is 0 Å². The highest BCUT2D eigenvalue weighted by Gasteiger charge is 2.17. The van der Waals surface area contributed by atoms with Crippen molar-refractivity contribution in [1.29, 1.82) is 0 Å². The first-order valence-corrected chi connectivity index (χ1v) is 4.58. The van der Waals surface area contributed by atoms with E-state index in [0.717, 1.165) is 5.39 Å². The summed E-state index contributed by atoms with van der Waals surface area (Å²) in [6.07, 6.45) is 1.62. The number of carbonyl (C=O) groups excluding carboxylic acids is 1. The van der Waals surface area contributed by atoms with Gasteiger partial charge in [-0.05, 0) is 11.5 Å². The lowest BCUT2D eigenvalue weighted by atomic mass is 9.79. The molecule has 1 heterocycles. The summed E-state index contributed by atoms with van der Waals surface area (Å²) in [5.74, 6) is -0.155. The SMILES string of the molecule is CC(=O)n1ccc2cccc(B(O)O)c21. The fourth-order valence-electron chi connectivity index (χ4n) is 1.69. The van der Waals surface area contributed by atoms with E-state index in [1.807, 2.05) is 6.07 Å². The Morgan fingerprint density at radius 2 is 2.07 bits per heavy atom. The molecule has 0 unspecified atom stereocenters. The van der Waals surface area contributed by atoms with Crippen LogP contribution in [0.2, 0.25) is 0 Å². The van der Waals surface area contributed by atoms with Crippen LogP contribution in [0.3, 0.4) is 0 Å². The van der Waals surface area contributed by atoms with Crippen LogP contribution in [0, 0.1) is 0 Å². The molecule has 2 N–H and O–H groups in total. The van der Waals surface area contributed by atoms with Crippen molar-refractivity contribution in [3.8, 4) is 0 Å².